The van der Waals surface area contributed by atoms with E-state index in [1.165, 1.54) is 11.1 Å². The maximum absolute atomic E-state index is 11.8. The van der Waals surface area contributed by atoms with Crippen LogP contribution in [0.4, 0.5) is 0 Å². The van der Waals surface area contributed by atoms with Gasteiger partial charge in [0.05, 0.1) is 0 Å². The predicted molar refractivity (Wildman–Crippen MR) is 92.6 cm³/mol. The number of hydrogen-bond acceptors (Lipinski definition) is 2. The molecule has 0 aliphatic carbocycles. The lowest BCUT2D eigenvalue weighted by Gasteiger charge is -2.19. The fourth-order valence-corrected chi connectivity index (χ4v) is 2.32. The molecule has 0 atom stereocenters. The number of hydrogen-bond donors (Lipinski definition) is 2. The Bertz CT molecular complexity index is 500. The Morgan fingerprint density at radius 2 is 1.65 bits per heavy atom. The van der Waals surface area contributed by atoms with E-state index in [0.717, 1.165) is 19.3 Å². The summed E-state index contributed by atoms with van der Waals surface area (Å²) in [5.74, 6) is -0.699. The summed E-state index contributed by atoms with van der Waals surface area (Å²) in [6.45, 7) is 7.19. The van der Waals surface area contributed by atoms with Crippen molar-refractivity contribution in [3.63, 3.8) is 0 Å². The van der Waals surface area contributed by atoms with Crippen molar-refractivity contribution in [1.29, 1.82) is 0 Å². The fraction of sp³-hybridized carbons (Fsp3) is 0.579. The molecule has 1 amide bonds. The molecule has 0 bridgehead atoms. The molecule has 0 aromatic heterocycles. The van der Waals surface area contributed by atoms with E-state index in [1.54, 1.807) is 0 Å². The number of carbonyl (C=O) groups excluding carboxylic acids is 1. The molecule has 4 heteroatoms. The minimum atomic E-state index is -0.758. The van der Waals surface area contributed by atoms with Crippen LogP contribution in [-0.4, -0.2) is 23.5 Å². The molecule has 128 valence electrons. The normalized spacial score (nSPS) is 11.3. The van der Waals surface area contributed by atoms with E-state index in [4.69, 9.17) is 5.11 Å². The Labute approximate surface area is 139 Å². The summed E-state index contributed by atoms with van der Waals surface area (Å²) < 4.78 is 0. The van der Waals surface area contributed by atoms with Gasteiger partial charge in [0.2, 0.25) is 5.91 Å². The van der Waals surface area contributed by atoms with Crippen molar-refractivity contribution in [3.8, 4) is 0 Å². The third-order valence-electron chi connectivity index (χ3n) is 3.85. The number of unbranched alkanes of at least 4 members (excludes halogenated alkanes) is 2. The molecule has 1 aromatic rings. The number of carbonyl (C=O) groups is 2. The Balaban J connectivity index is 2.19. The van der Waals surface area contributed by atoms with Gasteiger partial charge in [0.15, 0.2) is 0 Å². The van der Waals surface area contributed by atoms with Gasteiger partial charge in [0.25, 0.3) is 0 Å². The van der Waals surface area contributed by atoms with Crippen molar-refractivity contribution in [2.24, 2.45) is 0 Å². The maximum atomic E-state index is 11.8. The number of rotatable bonds is 9. The van der Waals surface area contributed by atoms with E-state index in [1.807, 2.05) is 0 Å². The third kappa shape index (κ3) is 8.38. The largest absolute Gasteiger partial charge is 0.481 e. The van der Waals surface area contributed by atoms with E-state index < -0.39 is 5.97 Å². The first-order chi connectivity index (χ1) is 10.8. The van der Waals surface area contributed by atoms with Gasteiger partial charge in [0, 0.05) is 19.4 Å². The third-order valence-corrected chi connectivity index (χ3v) is 3.85. The van der Waals surface area contributed by atoms with Gasteiger partial charge in [-0.1, -0.05) is 51.5 Å². The molecule has 1 rings (SSSR count). The zero-order chi connectivity index (χ0) is 17.3. The second-order valence-electron chi connectivity index (χ2n) is 7.00. The zero-order valence-corrected chi connectivity index (χ0v) is 14.5. The fourth-order valence-electron chi connectivity index (χ4n) is 2.32. The summed E-state index contributed by atoms with van der Waals surface area (Å²) in [5.41, 5.74) is 2.62. The lowest BCUT2D eigenvalue weighted by molar-refractivity contribution is -0.137. The highest BCUT2D eigenvalue weighted by Crippen LogP contribution is 2.22. The molecule has 0 fully saturated rings. The number of benzene rings is 1. The van der Waals surface area contributed by atoms with Crippen LogP contribution in [0, 0.1) is 0 Å². The van der Waals surface area contributed by atoms with Crippen molar-refractivity contribution in [1.82, 2.24) is 5.32 Å². The van der Waals surface area contributed by atoms with Crippen LogP contribution in [0.2, 0.25) is 0 Å². The van der Waals surface area contributed by atoms with Gasteiger partial charge in [-0.25, -0.2) is 0 Å². The highest BCUT2D eigenvalue weighted by Gasteiger charge is 2.12. The predicted octanol–water partition coefficient (Wildman–Crippen LogP) is 3.68. The lowest BCUT2D eigenvalue weighted by atomic mass is 9.86. The molecule has 0 radical (unpaired) electrons. The van der Waals surface area contributed by atoms with Crippen LogP contribution < -0.4 is 5.32 Å². The highest BCUT2D eigenvalue weighted by molar-refractivity contribution is 5.76. The number of amides is 1. The van der Waals surface area contributed by atoms with Crippen LogP contribution in [0.5, 0.6) is 0 Å². The van der Waals surface area contributed by atoms with Crippen LogP contribution in [0.15, 0.2) is 24.3 Å². The first-order valence-electron chi connectivity index (χ1n) is 8.37. The number of carboxylic acid groups (broad SMARTS) is 1. The average molecular weight is 319 g/mol. The van der Waals surface area contributed by atoms with Crippen molar-refractivity contribution >= 4 is 11.9 Å². The smallest absolute Gasteiger partial charge is 0.303 e. The molecule has 4 nitrogen and oxygen atoms in total. The summed E-state index contributed by atoms with van der Waals surface area (Å²) in [4.78, 5) is 22.1. The first-order valence-corrected chi connectivity index (χ1v) is 8.37. The topological polar surface area (TPSA) is 66.4 Å². The summed E-state index contributed by atoms with van der Waals surface area (Å²) >= 11 is 0. The molecule has 0 saturated carbocycles. The molecule has 0 unspecified atom stereocenters. The molecule has 23 heavy (non-hydrogen) atoms. The van der Waals surface area contributed by atoms with Gasteiger partial charge in [-0.2, -0.15) is 0 Å². The molecule has 0 saturated heterocycles. The standard InChI is InChI=1S/C19H29NO3/c1-19(2,3)16-11-8-15(9-12-16)10-13-17(21)20-14-6-4-5-7-18(22)23/h8-9,11-12H,4-7,10,13-14H2,1-3H3,(H,20,21)(H,22,23). The Morgan fingerprint density at radius 1 is 1.00 bits per heavy atom. The second kappa shape index (κ2) is 9.33. The van der Waals surface area contributed by atoms with E-state index in [0.29, 0.717) is 19.4 Å². The van der Waals surface area contributed by atoms with Gasteiger partial charge in [-0.15, -0.1) is 0 Å². The Kier molecular flexibility index (Phi) is 7.79. The minimum absolute atomic E-state index is 0.0585. The molecule has 0 heterocycles. The maximum Gasteiger partial charge on any atom is 0.303 e. The molecule has 0 spiro atoms. The van der Waals surface area contributed by atoms with Crippen LogP contribution in [0.25, 0.3) is 0 Å². The SMILES string of the molecule is CC(C)(C)c1ccc(CCC(=O)NCCCCCC(=O)O)cc1. The van der Waals surface area contributed by atoms with Crippen molar-refractivity contribution in [2.45, 2.75) is 64.7 Å². The number of aryl methyl sites for hydroxylation is 1. The van der Waals surface area contributed by atoms with Gasteiger partial charge in [-0.3, -0.25) is 9.59 Å². The minimum Gasteiger partial charge on any atom is -0.481 e. The summed E-state index contributed by atoms with van der Waals surface area (Å²) in [7, 11) is 0. The monoisotopic (exact) mass is 319 g/mol. The molecule has 2 N–H and O–H groups in total. The average Bonchev–Trinajstić information content (AvgIpc) is 2.48. The zero-order valence-electron chi connectivity index (χ0n) is 14.5. The summed E-state index contributed by atoms with van der Waals surface area (Å²) in [5, 5.41) is 11.4. The quantitative estimate of drug-likeness (QED) is 0.682. The highest BCUT2D eigenvalue weighted by atomic mass is 16.4. The van der Waals surface area contributed by atoms with Crippen LogP contribution in [-0.2, 0) is 21.4 Å². The van der Waals surface area contributed by atoms with Crippen LogP contribution in [0.1, 0.15) is 64.0 Å². The van der Waals surface area contributed by atoms with Gasteiger partial charge >= 0.3 is 5.97 Å². The van der Waals surface area contributed by atoms with Crippen LogP contribution >= 0.6 is 0 Å². The molecular formula is C19H29NO3. The van der Waals surface area contributed by atoms with E-state index in [2.05, 4.69) is 50.4 Å². The van der Waals surface area contributed by atoms with Gasteiger partial charge in [-0.05, 0) is 35.8 Å². The number of carboxylic acids is 1. The van der Waals surface area contributed by atoms with Crippen molar-refractivity contribution in [2.75, 3.05) is 6.54 Å². The van der Waals surface area contributed by atoms with E-state index in [-0.39, 0.29) is 17.7 Å². The number of nitrogens with one attached hydrogen (secondary N) is 1. The Morgan fingerprint density at radius 3 is 2.22 bits per heavy atom. The van der Waals surface area contributed by atoms with Crippen LogP contribution in [0.3, 0.4) is 0 Å². The molecular weight excluding hydrogens is 290 g/mol. The number of aliphatic carboxylic acids is 1. The molecule has 0 aliphatic rings. The summed E-state index contributed by atoms with van der Waals surface area (Å²) in [6.07, 6.45) is 3.78. The second-order valence-corrected chi connectivity index (χ2v) is 7.00. The van der Waals surface area contributed by atoms with Crippen molar-refractivity contribution in [3.05, 3.63) is 35.4 Å². The Hall–Kier alpha value is -1.84. The van der Waals surface area contributed by atoms with E-state index in [9.17, 15) is 9.59 Å². The van der Waals surface area contributed by atoms with Crippen molar-refractivity contribution < 1.29 is 14.7 Å². The molecule has 0 aliphatic heterocycles. The van der Waals surface area contributed by atoms with E-state index >= 15 is 0 Å². The van der Waals surface area contributed by atoms with Gasteiger partial charge < -0.3 is 10.4 Å². The van der Waals surface area contributed by atoms with Gasteiger partial charge in [0.1, 0.15) is 0 Å². The molecule has 1 aromatic carbocycles. The lowest BCUT2D eigenvalue weighted by Crippen LogP contribution is -2.24. The summed E-state index contributed by atoms with van der Waals surface area (Å²) in [6, 6.07) is 8.46. The first kappa shape index (κ1) is 19.2.